The number of nitrogens with one attached hydrogen (secondary N) is 2. The molecule has 4 nitrogen and oxygen atoms in total. The summed E-state index contributed by atoms with van der Waals surface area (Å²) >= 11 is 0. The number of nitrogens with zero attached hydrogens (tertiary/aromatic N) is 2. The lowest BCUT2D eigenvalue weighted by molar-refractivity contribution is 0.575. The summed E-state index contributed by atoms with van der Waals surface area (Å²) in [6.07, 6.45) is 56.1. The van der Waals surface area contributed by atoms with Crippen LogP contribution in [-0.4, -0.2) is 19.9 Å². The van der Waals surface area contributed by atoms with Crippen LogP contribution < -0.4 is 0 Å². The SMILES string of the molecule is CCCCCCCCCCc1c2nc(c(CCCCCCCCCC)c3ccc([nH]3)c(CCCCCCCCCC)c3nc(c(CCCCCCCCCC)c4ccc1[nH]4)C=C3)C=C2. The van der Waals surface area contributed by atoms with Crippen molar-refractivity contribution in [3.63, 3.8) is 0 Å². The highest BCUT2D eigenvalue weighted by Gasteiger charge is 2.16. The van der Waals surface area contributed by atoms with Crippen LogP contribution in [0.4, 0.5) is 0 Å². The summed E-state index contributed by atoms with van der Waals surface area (Å²) in [5.41, 5.74) is 15.1. The Hall–Kier alpha value is -3.40. The van der Waals surface area contributed by atoms with Gasteiger partial charge in [0.2, 0.25) is 0 Å². The molecule has 0 amide bonds. The molecule has 2 aliphatic rings. The molecular weight excluding hydrogens is 777 g/mol. The summed E-state index contributed by atoms with van der Waals surface area (Å²) < 4.78 is 0. The fraction of sp³-hybridized carbons (Fsp3) is 0.667. The minimum Gasteiger partial charge on any atom is -0.355 e. The van der Waals surface area contributed by atoms with Gasteiger partial charge in [-0.05, 0) is 99.9 Å². The molecule has 3 aromatic heterocycles. The molecule has 0 saturated carbocycles. The standard InChI is InChI=1S/C60H94N4/c1-5-9-13-17-21-25-29-33-37-49-53-41-43-55(61-53)50(38-34-30-26-22-18-14-10-6-2)57-45-47-59(63-57)52(40-36-32-28-24-20-16-12-8-4)60-48-46-58(64-60)51(56-44-42-54(49)62-56)39-35-31-27-23-19-15-11-7-3/h41-48,61,64H,5-40H2,1-4H3. The third-order valence-corrected chi connectivity index (χ3v) is 14.3. The predicted molar refractivity (Wildman–Crippen MR) is 284 cm³/mol. The van der Waals surface area contributed by atoms with Crippen LogP contribution in [-0.2, 0) is 25.7 Å². The first-order chi connectivity index (χ1) is 31.7. The van der Waals surface area contributed by atoms with Crippen molar-refractivity contribution in [2.45, 2.75) is 259 Å². The van der Waals surface area contributed by atoms with Gasteiger partial charge in [-0.25, -0.2) is 9.97 Å². The van der Waals surface area contributed by atoms with Crippen LogP contribution in [0.15, 0.2) is 24.3 Å². The Morgan fingerprint density at radius 3 is 0.656 bits per heavy atom. The fourth-order valence-corrected chi connectivity index (χ4v) is 10.2. The lowest BCUT2D eigenvalue weighted by atomic mass is 10.0. The predicted octanol–water partition coefficient (Wildman–Crippen LogP) is 19.4. The molecule has 2 aliphatic heterocycles. The Balaban J connectivity index is 1.54. The van der Waals surface area contributed by atoms with Crippen LogP contribution in [0.3, 0.4) is 0 Å². The number of aromatic nitrogens is 4. The number of hydrogen-bond acceptors (Lipinski definition) is 2. The molecule has 0 aromatic carbocycles. The van der Waals surface area contributed by atoms with Crippen LogP contribution in [0.2, 0.25) is 0 Å². The molecule has 0 atom stereocenters. The van der Waals surface area contributed by atoms with Crippen molar-refractivity contribution in [2.75, 3.05) is 0 Å². The van der Waals surface area contributed by atoms with Crippen molar-refractivity contribution in [3.05, 3.63) is 69.3 Å². The van der Waals surface area contributed by atoms with Crippen molar-refractivity contribution < 1.29 is 0 Å². The molecule has 5 heterocycles. The zero-order valence-electron chi connectivity index (χ0n) is 42.0. The van der Waals surface area contributed by atoms with Crippen molar-refractivity contribution >= 4 is 46.4 Å². The topological polar surface area (TPSA) is 57.4 Å². The fourth-order valence-electron chi connectivity index (χ4n) is 10.2. The molecule has 0 spiro atoms. The Bertz CT molecular complexity index is 1680. The van der Waals surface area contributed by atoms with Gasteiger partial charge in [0.1, 0.15) is 0 Å². The number of aryl methyl sites for hydroxylation is 4. The van der Waals surface area contributed by atoms with E-state index in [1.807, 2.05) is 0 Å². The summed E-state index contributed by atoms with van der Waals surface area (Å²) in [5, 5.41) is 0. The van der Waals surface area contributed by atoms with Crippen LogP contribution in [0.5, 0.6) is 0 Å². The van der Waals surface area contributed by atoms with Gasteiger partial charge in [-0.3, -0.25) is 0 Å². The Morgan fingerprint density at radius 2 is 0.453 bits per heavy atom. The average Bonchev–Trinajstić information content (AvgIpc) is 4.16. The molecule has 0 radical (unpaired) electrons. The van der Waals surface area contributed by atoms with E-state index >= 15 is 0 Å². The van der Waals surface area contributed by atoms with Crippen LogP contribution in [0, 0.1) is 0 Å². The van der Waals surface area contributed by atoms with Gasteiger partial charge < -0.3 is 9.97 Å². The number of unbranched alkanes of at least 4 members (excludes halogenated alkanes) is 28. The third kappa shape index (κ3) is 17.8. The third-order valence-electron chi connectivity index (χ3n) is 14.3. The van der Waals surface area contributed by atoms with Crippen molar-refractivity contribution in [1.82, 2.24) is 19.9 Å². The minimum absolute atomic E-state index is 1.05. The number of H-pyrrole nitrogens is 2. The number of hydrogen-bond donors (Lipinski definition) is 2. The van der Waals surface area contributed by atoms with E-state index in [0.717, 1.165) is 48.5 Å². The van der Waals surface area contributed by atoms with Gasteiger partial charge in [0.05, 0.1) is 22.8 Å². The van der Waals surface area contributed by atoms with Gasteiger partial charge >= 0.3 is 0 Å². The summed E-state index contributed by atoms with van der Waals surface area (Å²) in [7, 11) is 0. The Kier molecular flexibility index (Phi) is 25.4. The van der Waals surface area contributed by atoms with Crippen LogP contribution in [0.1, 0.15) is 278 Å². The van der Waals surface area contributed by atoms with E-state index in [0.29, 0.717) is 0 Å². The lowest BCUT2D eigenvalue weighted by Crippen LogP contribution is -1.96. The van der Waals surface area contributed by atoms with Gasteiger partial charge in [0.25, 0.3) is 0 Å². The average molecular weight is 871 g/mol. The van der Waals surface area contributed by atoms with E-state index in [1.165, 1.54) is 250 Å². The maximum Gasteiger partial charge on any atom is 0.0690 e. The largest absolute Gasteiger partial charge is 0.355 e. The second-order valence-corrected chi connectivity index (χ2v) is 19.8. The molecule has 5 rings (SSSR count). The minimum atomic E-state index is 1.05. The van der Waals surface area contributed by atoms with Crippen LogP contribution >= 0.6 is 0 Å². The second kappa shape index (κ2) is 31.5. The molecule has 2 N–H and O–H groups in total. The normalized spacial score (nSPS) is 12.3. The van der Waals surface area contributed by atoms with Crippen molar-refractivity contribution in [2.24, 2.45) is 0 Å². The van der Waals surface area contributed by atoms with Gasteiger partial charge in [0, 0.05) is 44.3 Å². The molecule has 3 aromatic rings. The van der Waals surface area contributed by atoms with E-state index in [2.05, 4.69) is 86.2 Å². The highest BCUT2D eigenvalue weighted by molar-refractivity contribution is 5.83. The van der Waals surface area contributed by atoms with E-state index in [4.69, 9.17) is 9.97 Å². The Morgan fingerprint density at radius 1 is 0.266 bits per heavy atom. The zero-order valence-corrected chi connectivity index (χ0v) is 42.0. The first-order valence-electron chi connectivity index (χ1n) is 27.8. The van der Waals surface area contributed by atoms with E-state index in [9.17, 15) is 0 Å². The van der Waals surface area contributed by atoms with E-state index < -0.39 is 0 Å². The Labute approximate surface area is 392 Å². The summed E-state index contributed by atoms with van der Waals surface area (Å²) in [4.78, 5) is 19.2. The molecule has 0 unspecified atom stereocenters. The number of fused-ring (bicyclic) bond motifs is 8. The maximum atomic E-state index is 5.57. The highest BCUT2D eigenvalue weighted by atomic mass is 14.8. The number of rotatable bonds is 36. The molecule has 64 heavy (non-hydrogen) atoms. The van der Waals surface area contributed by atoms with Gasteiger partial charge in [-0.1, -0.05) is 207 Å². The zero-order chi connectivity index (χ0) is 44.9. The lowest BCUT2D eigenvalue weighted by Gasteiger charge is -2.07. The summed E-state index contributed by atoms with van der Waals surface area (Å²) in [5.74, 6) is 0. The maximum absolute atomic E-state index is 5.57. The molecule has 4 heteroatoms. The smallest absolute Gasteiger partial charge is 0.0690 e. The first kappa shape index (κ1) is 51.6. The summed E-state index contributed by atoms with van der Waals surface area (Å²) in [6.45, 7) is 9.25. The van der Waals surface area contributed by atoms with Gasteiger partial charge in [-0.2, -0.15) is 0 Å². The summed E-state index contributed by atoms with van der Waals surface area (Å²) in [6, 6.07) is 9.45. The molecule has 354 valence electrons. The first-order valence-corrected chi connectivity index (χ1v) is 27.8. The van der Waals surface area contributed by atoms with Gasteiger partial charge in [0.15, 0.2) is 0 Å². The number of aromatic amines is 2. The molecule has 0 saturated heterocycles. The van der Waals surface area contributed by atoms with Crippen LogP contribution in [0.25, 0.3) is 46.4 Å². The second-order valence-electron chi connectivity index (χ2n) is 19.8. The molecule has 8 bridgehead atoms. The van der Waals surface area contributed by atoms with E-state index in [-0.39, 0.29) is 0 Å². The molecule has 0 aliphatic carbocycles. The van der Waals surface area contributed by atoms with Crippen molar-refractivity contribution in [3.8, 4) is 0 Å². The highest BCUT2D eigenvalue weighted by Crippen LogP contribution is 2.30. The van der Waals surface area contributed by atoms with Gasteiger partial charge in [-0.15, -0.1) is 0 Å². The molecule has 0 fully saturated rings. The molecular formula is C60H94N4. The van der Waals surface area contributed by atoms with Crippen molar-refractivity contribution in [1.29, 1.82) is 0 Å². The van der Waals surface area contributed by atoms with E-state index in [1.54, 1.807) is 0 Å². The quantitative estimate of drug-likeness (QED) is 0.0394. The monoisotopic (exact) mass is 871 g/mol.